The van der Waals surface area contributed by atoms with Crippen LogP contribution in [0.3, 0.4) is 0 Å². The Morgan fingerprint density at radius 2 is 2.11 bits per heavy atom. The van der Waals surface area contributed by atoms with Gasteiger partial charge in [-0.3, -0.25) is 0 Å². The molecule has 0 amide bonds. The highest BCUT2D eigenvalue weighted by Gasteiger charge is 1.71. The van der Waals surface area contributed by atoms with Crippen molar-refractivity contribution in [2.24, 2.45) is 5.73 Å². The molecule has 0 spiro atoms. The third-order valence-electron chi connectivity index (χ3n) is 0.899. The highest BCUT2D eigenvalue weighted by Crippen LogP contribution is 1.89. The topological polar surface area (TPSA) is 26.0 Å². The SMILES string of the molecule is CC(C)=CC=CCCN. The van der Waals surface area contributed by atoms with Crippen LogP contribution in [0.2, 0.25) is 0 Å². The van der Waals surface area contributed by atoms with E-state index in [-0.39, 0.29) is 0 Å². The molecule has 0 aliphatic heterocycles. The quantitative estimate of drug-likeness (QED) is 0.572. The fraction of sp³-hybridized carbons (Fsp3) is 0.500. The second-order valence-corrected chi connectivity index (χ2v) is 2.25. The molecule has 0 fully saturated rings. The standard InChI is InChI=1S/C8H15N/c1-8(2)6-4-3-5-7-9/h3-4,6H,5,7,9H2,1-2H3. The zero-order valence-electron chi connectivity index (χ0n) is 6.22. The maximum Gasteiger partial charge on any atom is -0.00425 e. The van der Waals surface area contributed by atoms with E-state index < -0.39 is 0 Å². The fourth-order valence-electron chi connectivity index (χ4n) is 0.453. The molecule has 2 N–H and O–H groups in total. The highest BCUT2D eigenvalue weighted by atomic mass is 14.5. The van der Waals surface area contributed by atoms with Gasteiger partial charge in [0.2, 0.25) is 0 Å². The largest absolute Gasteiger partial charge is 0.330 e. The average molecular weight is 125 g/mol. The third-order valence-corrected chi connectivity index (χ3v) is 0.899. The van der Waals surface area contributed by atoms with Crippen molar-refractivity contribution in [3.63, 3.8) is 0 Å². The first-order valence-electron chi connectivity index (χ1n) is 3.27. The maximum absolute atomic E-state index is 5.27. The van der Waals surface area contributed by atoms with Gasteiger partial charge in [-0.2, -0.15) is 0 Å². The Balaban J connectivity index is 3.35. The molecule has 9 heavy (non-hydrogen) atoms. The van der Waals surface area contributed by atoms with Crippen molar-refractivity contribution in [2.45, 2.75) is 20.3 Å². The van der Waals surface area contributed by atoms with Crippen LogP contribution in [-0.4, -0.2) is 6.54 Å². The Bertz CT molecular complexity index is 108. The molecule has 0 saturated heterocycles. The lowest BCUT2D eigenvalue weighted by molar-refractivity contribution is 1.01. The second-order valence-electron chi connectivity index (χ2n) is 2.25. The van der Waals surface area contributed by atoms with Gasteiger partial charge in [0.15, 0.2) is 0 Å². The molecule has 0 aromatic carbocycles. The van der Waals surface area contributed by atoms with E-state index in [9.17, 15) is 0 Å². The van der Waals surface area contributed by atoms with Crippen LogP contribution in [0.1, 0.15) is 20.3 Å². The van der Waals surface area contributed by atoms with E-state index in [1.807, 2.05) is 6.08 Å². The molecule has 0 unspecified atom stereocenters. The Morgan fingerprint density at radius 3 is 2.56 bits per heavy atom. The molecule has 0 aromatic rings. The number of allylic oxidation sites excluding steroid dienone is 3. The minimum absolute atomic E-state index is 0.743. The summed E-state index contributed by atoms with van der Waals surface area (Å²) >= 11 is 0. The van der Waals surface area contributed by atoms with Crippen LogP contribution >= 0.6 is 0 Å². The molecule has 0 aliphatic carbocycles. The van der Waals surface area contributed by atoms with Crippen molar-refractivity contribution in [3.8, 4) is 0 Å². The molecule has 0 atom stereocenters. The van der Waals surface area contributed by atoms with Crippen LogP contribution in [-0.2, 0) is 0 Å². The van der Waals surface area contributed by atoms with Crippen molar-refractivity contribution in [2.75, 3.05) is 6.54 Å². The zero-order valence-corrected chi connectivity index (χ0v) is 6.22. The van der Waals surface area contributed by atoms with Crippen molar-refractivity contribution >= 4 is 0 Å². The van der Waals surface area contributed by atoms with Crippen LogP contribution in [0.15, 0.2) is 23.8 Å². The first-order chi connectivity index (χ1) is 4.27. The van der Waals surface area contributed by atoms with Gasteiger partial charge < -0.3 is 5.73 Å². The summed E-state index contributed by atoms with van der Waals surface area (Å²) in [5, 5.41) is 0. The summed E-state index contributed by atoms with van der Waals surface area (Å²) in [4.78, 5) is 0. The summed E-state index contributed by atoms with van der Waals surface area (Å²) in [7, 11) is 0. The molecule has 1 heteroatoms. The van der Waals surface area contributed by atoms with Gasteiger partial charge >= 0.3 is 0 Å². The monoisotopic (exact) mass is 125 g/mol. The van der Waals surface area contributed by atoms with Gasteiger partial charge in [-0.15, -0.1) is 0 Å². The van der Waals surface area contributed by atoms with E-state index >= 15 is 0 Å². The summed E-state index contributed by atoms with van der Waals surface area (Å²) in [5.41, 5.74) is 6.60. The normalized spacial score (nSPS) is 10.1. The van der Waals surface area contributed by atoms with Crippen molar-refractivity contribution in [1.29, 1.82) is 0 Å². The Morgan fingerprint density at radius 1 is 1.44 bits per heavy atom. The van der Waals surface area contributed by atoms with Gasteiger partial charge in [0, 0.05) is 0 Å². The van der Waals surface area contributed by atoms with E-state index in [0.29, 0.717) is 0 Å². The van der Waals surface area contributed by atoms with Gasteiger partial charge in [-0.1, -0.05) is 23.8 Å². The Labute approximate surface area is 57.3 Å². The van der Waals surface area contributed by atoms with Gasteiger partial charge in [0.05, 0.1) is 0 Å². The van der Waals surface area contributed by atoms with Crippen LogP contribution < -0.4 is 5.73 Å². The van der Waals surface area contributed by atoms with Gasteiger partial charge in [0.1, 0.15) is 0 Å². The molecule has 52 valence electrons. The molecule has 1 nitrogen and oxygen atoms in total. The van der Waals surface area contributed by atoms with Gasteiger partial charge in [-0.05, 0) is 26.8 Å². The summed E-state index contributed by atoms with van der Waals surface area (Å²) in [6.45, 7) is 4.90. The van der Waals surface area contributed by atoms with Gasteiger partial charge in [-0.25, -0.2) is 0 Å². The fourth-order valence-corrected chi connectivity index (χ4v) is 0.453. The van der Waals surface area contributed by atoms with Crippen molar-refractivity contribution in [3.05, 3.63) is 23.8 Å². The van der Waals surface area contributed by atoms with E-state index in [0.717, 1.165) is 13.0 Å². The van der Waals surface area contributed by atoms with Crippen LogP contribution in [0.4, 0.5) is 0 Å². The van der Waals surface area contributed by atoms with Crippen LogP contribution in [0.5, 0.6) is 0 Å². The average Bonchev–Trinajstić information content (AvgIpc) is 1.80. The first-order valence-corrected chi connectivity index (χ1v) is 3.27. The number of hydrogen-bond acceptors (Lipinski definition) is 1. The molecule has 0 aromatic heterocycles. The minimum Gasteiger partial charge on any atom is -0.330 e. The molecule has 0 aliphatic rings. The first kappa shape index (κ1) is 8.44. The smallest absolute Gasteiger partial charge is 0.00425 e. The van der Waals surface area contributed by atoms with Gasteiger partial charge in [0.25, 0.3) is 0 Å². The summed E-state index contributed by atoms with van der Waals surface area (Å²) in [6.07, 6.45) is 7.18. The van der Waals surface area contributed by atoms with Crippen LogP contribution in [0, 0.1) is 0 Å². The molecular formula is C8H15N. The molecule has 0 saturated carbocycles. The van der Waals surface area contributed by atoms with Crippen molar-refractivity contribution in [1.82, 2.24) is 0 Å². The summed E-state index contributed by atoms with van der Waals surface area (Å²) < 4.78 is 0. The van der Waals surface area contributed by atoms with E-state index in [1.165, 1.54) is 5.57 Å². The summed E-state index contributed by atoms with van der Waals surface area (Å²) in [5.74, 6) is 0. The second kappa shape index (κ2) is 5.57. The lowest BCUT2D eigenvalue weighted by atomic mass is 10.3. The highest BCUT2D eigenvalue weighted by molar-refractivity contribution is 5.07. The molecule has 0 heterocycles. The predicted octanol–water partition coefficient (Wildman–Crippen LogP) is 1.86. The van der Waals surface area contributed by atoms with E-state index in [4.69, 9.17) is 5.73 Å². The number of rotatable bonds is 3. The number of hydrogen-bond donors (Lipinski definition) is 1. The Kier molecular flexibility index (Phi) is 5.23. The summed E-state index contributed by atoms with van der Waals surface area (Å²) in [6, 6.07) is 0. The third kappa shape index (κ3) is 7.44. The predicted molar refractivity (Wildman–Crippen MR) is 42.2 cm³/mol. The lowest BCUT2D eigenvalue weighted by Gasteiger charge is -1.83. The van der Waals surface area contributed by atoms with Crippen molar-refractivity contribution < 1.29 is 0 Å². The lowest BCUT2D eigenvalue weighted by Crippen LogP contribution is -1.94. The molecule has 0 rings (SSSR count). The maximum atomic E-state index is 5.27. The zero-order chi connectivity index (χ0) is 7.11. The molecular weight excluding hydrogens is 110 g/mol. The van der Waals surface area contributed by atoms with E-state index in [2.05, 4.69) is 26.0 Å². The molecule has 0 bridgehead atoms. The van der Waals surface area contributed by atoms with Crippen LogP contribution in [0.25, 0.3) is 0 Å². The Hall–Kier alpha value is -0.560. The number of nitrogens with two attached hydrogens (primary N) is 1. The van der Waals surface area contributed by atoms with E-state index in [1.54, 1.807) is 0 Å². The minimum atomic E-state index is 0.743. The molecule has 0 radical (unpaired) electrons.